The van der Waals surface area contributed by atoms with Crippen LogP contribution in [0.4, 0.5) is 0 Å². The molecule has 0 spiro atoms. The Morgan fingerprint density at radius 2 is 2.08 bits per heavy atom. The molecule has 3 aromatic rings. The second-order valence-corrected chi connectivity index (χ2v) is 7.24. The number of fused-ring (bicyclic) bond motifs is 2. The quantitative estimate of drug-likeness (QED) is 0.659. The van der Waals surface area contributed by atoms with Crippen molar-refractivity contribution in [3.8, 4) is 0 Å². The van der Waals surface area contributed by atoms with E-state index in [1.807, 2.05) is 35.0 Å². The molecule has 0 bridgehead atoms. The van der Waals surface area contributed by atoms with E-state index in [1.165, 1.54) is 22.0 Å². The van der Waals surface area contributed by atoms with Crippen LogP contribution in [0.5, 0.6) is 0 Å². The molecule has 0 radical (unpaired) electrons. The van der Waals surface area contributed by atoms with Crippen molar-refractivity contribution in [2.75, 3.05) is 5.88 Å². The summed E-state index contributed by atoms with van der Waals surface area (Å²) < 4.78 is 1.93. The third-order valence-electron chi connectivity index (χ3n) is 5.37. The van der Waals surface area contributed by atoms with Gasteiger partial charge in [0.05, 0.1) is 6.20 Å². The molecular weight excluding hydrogens is 346 g/mol. The first-order valence-corrected chi connectivity index (χ1v) is 9.52. The largest absolute Gasteiger partial charge is 0.334 e. The normalized spacial score (nSPS) is 16.5. The second-order valence-electron chi connectivity index (χ2n) is 6.97. The molecule has 0 N–H and O–H groups in total. The molecule has 1 unspecified atom stereocenters. The minimum atomic E-state index is -0.00422. The van der Waals surface area contributed by atoms with E-state index in [4.69, 9.17) is 11.6 Å². The molecule has 1 amide bonds. The Labute approximate surface area is 158 Å². The Balaban J connectivity index is 1.60. The van der Waals surface area contributed by atoms with Crippen molar-refractivity contribution in [1.82, 2.24) is 14.7 Å². The molecule has 1 aliphatic carbocycles. The van der Waals surface area contributed by atoms with Crippen LogP contribution in [0.1, 0.15) is 23.2 Å². The summed E-state index contributed by atoms with van der Waals surface area (Å²) in [6.45, 7) is 0.592. The van der Waals surface area contributed by atoms with Crippen molar-refractivity contribution in [2.45, 2.75) is 31.8 Å². The van der Waals surface area contributed by atoms with Gasteiger partial charge < -0.3 is 4.90 Å². The van der Waals surface area contributed by atoms with Crippen molar-refractivity contribution in [3.63, 3.8) is 0 Å². The van der Waals surface area contributed by atoms with E-state index in [-0.39, 0.29) is 17.8 Å². The smallest absolute Gasteiger partial charge is 0.238 e. The minimum absolute atomic E-state index is 0.00422. The van der Waals surface area contributed by atoms with Crippen LogP contribution in [0.25, 0.3) is 10.8 Å². The molecule has 2 aromatic carbocycles. The van der Waals surface area contributed by atoms with Crippen molar-refractivity contribution in [2.24, 2.45) is 7.05 Å². The lowest BCUT2D eigenvalue weighted by Gasteiger charge is -2.34. The fourth-order valence-electron chi connectivity index (χ4n) is 3.93. The van der Waals surface area contributed by atoms with Crippen LogP contribution >= 0.6 is 11.6 Å². The number of carbonyl (C=O) groups is 1. The number of benzene rings is 2. The molecule has 134 valence electrons. The molecule has 0 fully saturated rings. The lowest BCUT2D eigenvalue weighted by atomic mass is 9.92. The van der Waals surface area contributed by atoms with E-state index >= 15 is 0 Å². The number of halogens is 1. The van der Waals surface area contributed by atoms with Crippen LogP contribution in [-0.2, 0) is 31.2 Å². The molecule has 4 rings (SSSR count). The minimum Gasteiger partial charge on any atom is -0.334 e. The van der Waals surface area contributed by atoms with Gasteiger partial charge in [-0.2, -0.15) is 5.10 Å². The van der Waals surface area contributed by atoms with Gasteiger partial charge in [-0.1, -0.05) is 36.4 Å². The summed E-state index contributed by atoms with van der Waals surface area (Å²) in [5.41, 5.74) is 3.66. The summed E-state index contributed by atoms with van der Waals surface area (Å²) in [6, 6.07) is 14.8. The average molecular weight is 368 g/mol. The monoisotopic (exact) mass is 367 g/mol. The van der Waals surface area contributed by atoms with E-state index in [0.29, 0.717) is 6.54 Å². The predicted molar refractivity (Wildman–Crippen MR) is 104 cm³/mol. The number of amides is 1. The molecule has 1 aromatic heterocycles. The van der Waals surface area contributed by atoms with Gasteiger partial charge in [-0.05, 0) is 40.8 Å². The number of hydrogen-bond donors (Lipinski definition) is 0. The van der Waals surface area contributed by atoms with Crippen molar-refractivity contribution >= 4 is 28.3 Å². The van der Waals surface area contributed by atoms with Gasteiger partial charge >= 0.3 is 0 Å². The zero-order chi connectivity index (χ0) is 18.1. The molecule has 0 saturated carbocycles. The summed E-state index contributed by atoms with van der Waals surface area (Å²) >= 11 is 5.93. The number of nitrogens with zero attached hydrogens (tertiary/aromatic N) is 3. The first kappa shape index (κ1) is 17.1. The fourth-order valence-corrected chi connectivity index (χ4v) is 4.08. The number of rotatable bonds is 4. The molecule has 1 heterocycles. The molecular formula is C21H22ClN3O. The van der Waals surface area contributed by atoms with Gasteiger partial charge in [0.1, 0.15) is 5.88 Å². The zero-order valence-electron chi connectivity index (χ0n) is 14.9. The van der Waals surface area contributed by atoms with Crippen molar-refractivity contribution in [1.29, 1.82) is 0 Å². The van der Waals surface area contributed by atoms with Crippen LogP contribution in [-0.4, -0.2) is 32.5 Å². The average Bonchev–Trinajstić information content (AvgIpc) is 3.05. The van der Waals surface area contributed by atoms with E-state index < -0.39 is 0 Å². The SMILES string of the molecule is Cn1ncc2c1CC(N(Cc1ccc3ccccc3c1)C(=O)CCl)CC2. The van der Waals surface area contributed by atoms with Gasteiger partial charge in [-0.15, -0.1) is 11.6 Å². The Morgan fingerprint density at radius 1 is 1.27 bits per heavy atom. The van der Waals surface area contributed by atoms with Crippen LogP contribution in [0.2, 0.25) is 0 Å². The highest BCUT2D eigenvalue weighted by Crippen LogP contribution is 2.26. The van der Waals surface area contributed by atoms with Crippen LogP contribution < -0.4 is 0 Å². The van der Waals surface area contributed by atoms with Crippen molar-refractivity contribution < 1.29 is 4.79 Å². The third kappa shape index (κ3) is 3.21. The Bertz CT molecular complexity index is 949. The molecule has 4 nitrogen and oxygen atoms in total. The molecule has 1 aliphatic rings. The van der Waals surface area contributed by atoms with Crippen LogP contribution in [0.15, 0.2) is 48.7 Å². The summed E-state index contributed by atoms with van der Waals surface area (Å²) in [6.07, 6.45) is 4.69. The maximum Gasteiger partial charge on any atom is 0.238 e. The second kappa shape index (κ2) is 7.12. The Morgan fingerprint density at radius 3 is 2.88 bits per heavy atom. The highest BCUT2D eigenvalue weighted by atomic mass is 35.5. The molecule has 0 saturated heterocycles. The Kier molecular flexibility index (Phi) is 4.68. The number of hydrogen-bond acceptors (Lipinski definition) is 2. The van der Waals surface area contributed by atoms with Gasteiger partial charge in [0.25, 0.3) is 0 Å². The van der Waals surface area contributed by atoms with E-state index in [0.717, 1.165) is 24.8 Å². The van der Waals surface area contributed by atoms with Gasteiger partial charge in [-0.25, -0.2) is 0 Å². The summed E-state index contributed by atoms with van der Waals surface area (Å²) in [4.78, 5) is 14.5. The highest BCUT2D eigenvalue weighted by molar-refractivity contribution is 6.27. The van der Waals surface area contributed by atoms with Crippen molar-refractivity contribution in [3.05, 3.63) is 65.5 Å². The standard InChI is InChI=1S/C21H22ClN3O/c1-24-20-11-19(9-8-18(20)13-23-24)25(21(26)12-22)14-15-6-7-16-4-2-3-5-17(16)10-15/h2-7,10,13,19H,8-9,11-12,14H2,1H3. The molecule has 5 heteroatoms. The lowest BCUT2D eigenvalue weighted by molar-refractivity contribution is -0.131. The zero-order valence-corrected chi connectivity index (χ0v) is 15.6. The summed E-state index contributed by atoms with van der Waals surface area (Å²) in [5, 5.41) is 6.77. The number of alkyl halides is 1. The maximum absolute atomic E-state index is 12.6. The lowest BCUT2D eigenvalue weighted by Crippen LogP contribution is -2.43. The number of aromatic nitrogens is 2. The topological polar surface area (TPSA) is 38.1 Å². The summed E-state index contributed by atoms with van der Waals surface area (Å²) in [7, 11) is 1.97. The fraction of sp³-hybridized carbons (Fsp3) is 0.333. The van der Waals surface area contributed by atoms with Gasteiger partial charge in [0.2, 0.25) is 5.91 Å². The van der Waals surface area contributed by atoms with Gasteiger partial charge in [0, 0.05) is 31.7 Å². The van der Waals surface area contributed by atoms with Crippen LogP contribution in [0.3, 0.4) is 0 Å². The molecule has 1 atom stereocenters. The first-order valence-electron chi connectivity index (χ1n) is 8.98. The predicted octanol–water partition coefficient (Wildman–Crippen LogP) is 3.70. The maximum atomic E-state index is 12.6. The van der Waals surface area contributed by atoms with E-state index in [2.05, 4.69) is 35.4 Å². The number of carbonyl (C=O) groups excluding carboxylic acids is 1. The van der Waals surface area contributed by atoms with Gasteiger partial charge in [-0.3, -0.25) is 9.48 Å². The summed E-state index contributed by atoms with van der Waals surface area (Å²) in [5.74, 6) is 0.0120. The molecule has 0 aliphatic heterocycles. The van der Waals surface area contributed by atoms with E-state index in [9.17, 15) is 4.79 Å². The third-order valence-corrected chi connectivity index (χ3v) is 5.59. The molecule has 26 heavy (non-hydrogen) atoms. The Hall–Kier alpha value is -2.33. The van der Waals surface area contributed by atoms with Gasteiger partial charge in [0.15, 0.2) is 0 Å². The van der Waals surface area contributed by atoms with E-state index in [1.54, 1.807) is 0 Å². The highest BCUT2D eigenvalue weighted by Gasteiger charge is 2.29. The number of aryl methyl sites for hydroxylation is 2. The first-order chi connectivity index (χ1) is 12.7. The van der Waals surface area contributed by atoms with Crippen LogP contribution in [0, 0.1) is 0 Å².